The Hall–Kier alpha value is -1.36. The van der Waals surface area contributed by atoms with Crippen molar-refractivity contribution < 1.29 is 57.2 Å². The first-order chi connectivity index (χ1) is 46.9. The molecule has 572 valence electrons. The van der Waals surface area contributed by atoms with Crippen molar-refractivity contribution in [2.75, 3.05) is 136 Å². The zero-order chi connectivity index (χ0) is 72.3. The summed E-state index contributed by atoms with van der Waals surface area (Å²) >= 11 is 0. The van der Waals surface area contributed by atoms with Crippen LogP contribution in [0.15, 0.2) is 0 Å². The molecule has 0 bridgehead atoms. The van der Waals surface area contributed by atoms with Crippen LogP contribution >= 0.6 is 64.8 Å². The summed E-state index contributed by atoms with van der Waals surface area (Å²) in [6.07, 6.45) is 28.8. The summed E-state index contributed by atoms with van der Waals surface area (Å²) in [6, 6.07) is -2.50. The quantitative estimate of drug-likeness (QED) is 0.0294. The topological polar surface area (TPSA) is 207 Å². The van der Waals surface area contributed by atoms with E-state index in [9.17, 15) is 28.8 Å². The standard InChI is InChI=1S/C72H141N7O12S6/c1-16-19-22-25-28-31-34-37-49-92-95-52-40-61(80)77(55-64(86-10)87-11)67(58(4)5)70(83)73-43-46-76(47-44-74-71(84)68(59(6)7)78(56-65(88-12)89-13)62(81)41-53-96-93-50-38-35-32-29-26-23-20-17-2)48-45-75-72(85)69(60(8)9)79(57-66(90-14)91-15)63(82)42-54-97-94-51-39-36-33-30-27-24-21-18-3/h58-60,64-69H,16-57H2,1-15H3,(H,73,83)(H,74,84)(H,75,85). The van der Waals surface area contributed by atoms with E-state index in [4.69, 9.17) is 28.4 Å². The Morgan fingerprint density at radius 1 is 0.309 bits per heavy atom. The summed E-state index contributed by atoms with van der Waals surface area (Å²) in [4.78, 5) is 93.1. The van der Waals surface area contributed by atoms with Crippen molar-refractivity contribution in [3.8, 4) is 0 Å². The summed E-state index contributed by atoms with van der Waals surface area (Å²) in [5, 5.41) is 9.41. The lowest BCUT2D eigenvalue weighted by molar-refractivity contribution is -0.156. The molecule has 0 aromatic rings. The van der Waals surface area contributed by atoms with E-state index in [0.29, 0.717) is 36.9 Å². The van der Waals surface area contributed by atoms with Crippen molar-refractivity contribution in [3.05, 3.63) is 0 Å². The lowest BCUT2D eigenvalue weighted by Crippen LogP contribution is -2.56. The second-order valence-corrected chi connectivity index (χ2v) is 34.3. The van der Waals surface area contributed by atoms with Crippen LogP contribution in [0.3, 0.4) is 0 Å². The van der Waals surface area contributed by atoms with Gasteiger partial charge in [0, 0.05) is 136 Å². The van der Waals surface area contributed by atoms with Crippen molar-refractivity contribution in [1.82, 2.24) is 35.6 Å². The summed E-state index contributed by atoms with van der Waals surface area (Å²) in [5.74, 6) is 2.66. The fraction of sp³-hybridized carbons (Fsp3) is 0.917. The first-order valence-electron chi connectivity index (χ1n) is 37.2. The number of hydrogen-bond acceptors (Lipinski definition) is 19. The molecule has 3 atom stereocenters. The van der Waals surface area contributed by atoms with Crippen molar-refractivity contribution in [2.24, 2.45) is 17.8 Å². The maximum Gasteiger partial charge on any atom is 0.243 e. The van der Waals surface area contributed by atoms with Gasteiger partial charge in [-0.05, 0) is 37.0 Å². The number of hydrogen-bond donors (Lipinski definition) is 3. The Labute approximate surface area is 615 Å². The summed E-state index contributed by atoms with van der Waals surface area (Å²) < 4.78 is 33.5. The third kappa shape index (κ3) is 47.6. The lowest BCUT2D eigenvalue weighted by atomic mass is 10.0. The molecule has 0 fully saturated rings. The summed E-state index contributed by atoms with van der Waals surface area (Å²) in [7, 11) is 19.6. The van der Waals surface area contributed by atoms with Gasteiger partial charge in [0.05, 0.1) is 19.6 Å². The minimum absolute atomic E-state index is 0.0640. The zero-order valence-electron chi connectivity index (χ0n) is 63.5. The van der Waals surface area contributed by atoms with E-state index in [1.165, 1.54) is 177 Å². The van der Waals surface area contributed by atoms with E-state index in [-0.39, 0.29) is 112 Å². The van der Waals surface area contributed by atoms with Crippen molar-refractivity contribution in [2.45, 2.75) is 273 Å². The average molecular weight is 1490 g/mol. The molecular formula is C72H141N7O12S6. The van der Waals surface area contributed by atoms with Crippen LogP contribution in [0, 0.1) is 17.8 Å². The van der Waals surface area contributed by atoms with Crippen LogP contribution < -0.4 is 16.0 Å². The van der Waals surface area contributed by atoms with Gasteiger partial charge in [-0.2, -0.15) is 0 Å². The Kier molecular flexibility index (Phi) is 64.5. The number of nitrogens with one attached hydrogen (secondary N) is 3. The van der Waals surface area contributed by atoms with Crippen LogP contribution in [0.4, 0.5) is 0 Å². The fourth-order valence-electron chi connectivity index (χ4n) is 11.5. The smallest absolute Gasteiger partial charge is 0.243 e. The average Bonchev–Trinajstić information content (AvgIpc) is 0.884. The van der Waals surface area contributed by atoms with E-state index < -0.39 is 37.0 Å². The monoisotopic (exact) mass is 1490 g/mol. The highest BCUT2D eigenvalue weighted by atomic mass is 33.1. The Balaban J connectivity index is 6.64. The van der Waals surface area contributed by atoms with Gasteiger partial charge >= 0.3 is 0 Å². The van der Waals surface area contributed by atoms with Gasteiger partial charge in [-0.15, -0.1) is 0 Å². The molecule has 0 saturated carbocycles. The molecule has 0 spiro atoms. The van der Waals surface area contributed by atoms with Gasteiger partial charge < -0.3 is 59.1 Å². The second kappa shape index (κ2) is 65.4. The molecule has 0 saturated heterocycles. The van der Waals surface area contributed by atoms with Crippen molar-refractivity contribution >= 4 is 100 Å². The first-order valence-corrected chi connectivity index (χ1v) is 44.7. The Bertz CT molecular complexity index is 1730. The molecule has 0 aromatic heterocycles. The van der Waals surface area contributed by atoms with Gasteiger partial charge in [0.15, 0.2) is 18.9 Å². The normalized spacial score (nSPS) is 12.8. The van der Waals surface area contributed by atoms with E-state index in [2.05, 4.69) is 36.7 Å². The lowest BCUT2D eigenvalue weighted by Gasteiger charge is -2.36. The molecule has 0 radical (unpaired) electrons. The van der Waals surface area contributed by atoms with Crippen LogP contribution in [0.1, 0.15) is 236 Å². The Morgan fingerprint density at radius 3 is 0.722 bits per heavy atom. The minimum Gasteiger partial charge on any atom is -0.354 e. The van der Waals surface area contributed by atoms with E-state index in [0.717, 1.165) is 36.5 Å². The first kappa shape index (κ1) is 95.6. The molecule has 19 nitrogen and oxygen atoms in total. The molecule has 0 rings (SSSR count). The number of methoxy groups -OCH3 is 6. The van der Waals surface area contributed by atoms with Crippen molar-refractivity contribution in [1.29, 1.82) is 0 Å². The number of carbonyl (C=O) groups is 6. The van der Waals surface area contributed by atoms with Crippen molar-refractivity contribution in [3.63, 3.8) is 0 Å². The molecule has 0 aromatic carbocycles. The molecular weight excluding hydrogens is 1350 g/mol. The SMILES string of the molecule is CCCCCCCCCCSSCCC(=O)N(CC(OC)OC)C(C(=O)NCCN(CCNC(=O)C(C(C)C)N(CC(OC)OC)C(=O)CCSSCCCCCCCCCC)CCNC(=O)C(C(C)C)N(CC(OC)OC)C(=O)CCSSCCCCCCCCCC)C(C)C. The summed E-state index contributed by atoms with van der Waals surface area (Å²) in [6.45, 7) is 19.9. The molecule has 0 heterocycles. The zero-order valence-corrected chi connectivity index (χ0v) is 68.4. The van der Waals surface area contributed by atoms with Gasteiger partial charge in [0.1, 0.15) is 18.1 Å². The van der Waals surface area contributed by atoms with Gasteiger partial charge in [0.2, 0.25) is 35.4 Å². The predicted octanol–water partition coefficient (Wildman–Crippen LogP) is 14.8. The molecule has 0 aliphatic rings. The highest BCUT2D eigenvalue weighted by Crippen LogP contribution is 2.28. The van der Waals surface area contributed by atoms with Gasteiger partial charge in [0.25, 0.3) is 0 Å². The number of carbonyl (C=O) groups excluding carboxylic acids is 6. The fourth-order valence-corrected chi connectivity index (χ4v) is 17.8. The number of nitrogens with zero attached hydrogens (tertiary/aromatic N) is 4. The van der Waals surface area contributed by atoms with Gasteiger partial charge in [-0.3, -0.25) is 33.7 Å². The highest BCUT2D eigenvalue weighted by Gasteiger charge is 2.37. The summed E-state index contributed by atoms with van der Waals surface area (Å²) in [5.41, 5.74) is 0. The molecule has 3 unspecified atom stereocenters. The Morgan fingerprint density at radius 2 is 0.515 bits per heavy atom. The molecule has 0 aliphatic carbocycles. The van der Waals surface area contributed by atoms with Gasteiger partial charge in [-0.25, -0.2) is 0 Å². The maximum absolute atomic E-state index is 14.5. The number of unbranched alkanes of at least 4 members (excludes halogenated alkanes) is 21. The maximum atomic E-state index is 14.5. The van der Waals surface area contributed by atoms with Crippen LogP contribution in [0.2, 0.25) is 0 Å². The van der Waals surface area contributed by atoms with Crippen LogP contribution in [-0.2, 0) is 57.2 Å². The van der Waals surface area contributed by atoms with Crippen LogP contribution in [-0.4, -0.2) is 228 Å². The van der Waals surface area contributed by atoms with E-state index in [1.54, 1.807) is 79.5 Å². The third-order valence-electron chi connectivity index (χ3n) is 17.2. The minimum atomic E-state index is -0.833. The molecule has 0 aliphatic heterocycles. The largest absolute Gasteiger partial charge is 0.354 e. The van der Waals surface area contributed by atoms with E-state index >= 15 is 0 Å². The molecule has 6 amide bonds. The molecule has 25 heteroatoms. The number of rotatable bonds is 69. The highest BCUT2D eigenvalue weighted by molar-refractivity contribution is 8.77. The second-order valence-electron chi connectivity index (χ2n) is 26.2. The molecule has 97 heavy (non-hydrogen) atoms. The predicted molar refractivity (Wildman–Crippen MR) is 416 cm³/mol. The number of ether oxygens (including phenoxy) is 6. The number of amides is 6. The molecule has 3 N–H and O–H groups in total. The van der Waals surface area contributed by atoms with Gasteiger partial charge in [-0.1, -0.05) is 262 Å². The van der Waals surface area contributed by atoms with Crippen LogP contribution in [0.25, 0.3) is 0 Å². The van der Waals surface area contributed by atoms with E-state index in [1.807, 2.05) is 46.4 Å². The van der Waals surface area contributed by atoms with Crippen LogP contribution in [0.5, 0.6) is 0 Å². The third-order valence-corrected chi connectivity index (χ3v) is 24.6.